The summed E-state index contributed by atoms with van der Waals surface area (Å²) in [4.78, 5) is 0. The summed E-state index contributed by atoms with van der Waals surface area (Å²) in [6, 6.07) is 22.9. The largest absolute Gasteiger partial charge is 0.504 e. The fourth-order valence-electron chi connectivity index (χ4n) is 2.24. The summed E-state index contributed by atoms with van der Waals surface area (Å²) in [6.45, 7) is 0.228. The second-order valence-electron chi connectivity index (χ2n) is 5.00. The molecule has 0 aliphatic rings. The first-order chi connectivity index (χ1) is 11.2. The maximum Gasteiger partial charge on any atom is 0.159 e. The lowest BCUT2D eigenvalue weighted by Crippen LogP contribution is -2.09. The molecule has 0 atom stereocenters. The van der Waals surface area contributed by atoms with Gasteiger partial charge in [0.1, 0.15) is 5.75 Å². The lowest BCUT2D eigenvalue weighted by Gasteiger charge is -2.13. The van der Waals surface area contributed by atoms with Gasteiger partial charge in [-0.3, -0.25) is 0 Å². The molecule has 23 heavy (non-hydrogen) atoms. The zero-order valence-electron chi connectivity index (χ0n) is 12.4. The van der Waals surface area contributed by atoms with Crippen molar-refractivity contribution in [2.75, 3.05) is 12.0 Å². The van der Waals surface area contributed by atoms with Gasteiger partial charge in [-0.05, 0) is 35.4 Å². The van der Waals surface area contributed by atoms with E-state index < -0.39 is 0 Å². The molecule has 0 unspecified atom stereocenters. The van der Waals surface area contributed by atoms with Gasteiger partial charge in [-0.2, -0.15) is 0 Å². The fraction of sp³-hybridized carbons (Fsp3) is 0.0526. The zero-order chi connectivity index (χ0) is 16.1. The standard InChI is InChI=1S/C19H16ClNO2/c20-17-11-15(14-7-3-1-4-8-14)12-18(19(17)22)21-13-23-16-9-5-2-6-10-16/h1-12,21-22H,13H2. The molecule has 0 saturated heterocycles. The normalized spacial score (nSPS) is 10.3. The van der Waals surface area contributed by atoms with Gasteiger partial charge in [-0.25, -0.2) is 0 Å². The first kappa shape index (κ1) is 15.3. The third-order valence-corrected chi connectivity index (χ3v) is 3.70. The molecule has 2 N–H and O–H groups in total. The number of halogens is 1. The average Bonchev–Trinajstić information content (AvgIpc) is 2.60. The summed E-state index contributed by atoms with van der Waals surface area (Å²) in [7, 11) is 0. The Bertz CT molecular complexity index is 776. The highest BCUT2D eigenvalue weighted by Crippen LogP contribution is 2.36. The third-order valence-electron chi connectivity index (χ3n) is 3.42. The molecule has 0 aromatic heterocycles. The topological polar surface area (TPSA) is 41.5 Å². The van der Waals surface area contributed by atoms with E-state index in [1.807, 2.05) is 66.7 Å². The van der Waals surface area contributed by atoms with E-state index in [4.69, 9.17) is 16.3 Å². The highest BCUT2D eigenvalue weighted by Gasteiger charge is 2.09. The SMILES string of the molecule is Oc1c(Cl)cc(-c2ccccc2)cc1NCOc1ccccc1. The van der Waals surface area contributed by atoms with Crippen molar-refractivity contribution in [3.63, 3.8) is 0 Å². The fourth-order valence-corrected chi connectivity index (χ4v) is 2.46. The van der Waals surface area contributed by atoms with E-state index in [1.54, 1.807) is 6.07 Å². The number of phenolic OH excluding ortho intramolecular Hbond substituents is 1. The molecule has 116 valence electrons. The van der Waals surface area contributed by atoms with E-state index in [2.05, 4.69) is 5.32 Å². The Hall–Kier alpha value is -2.65. The molecule has 0 amide bonds. The Morgan fingerprint density at radius 3 is 2.22 bits per heavy atom. The van der Waals surface area contributed by atoms with Crippen LogP contribution >= 0.6 is 11.6 Å². The Kier molecular flexibility index (Phi) is 4.69. The number of hydrogen-bond donors (Lipinski definition) is 2. The number of rotatable bonds is 5. The van der Waals surface area contributed by atoms with Crippen molar-refractivity contribution in [3.8, 4) is 22.6 Å². The van der Waals surface area contributed by atoms with Gasteiger partial charge in [0, 0.05) is 0 Å². The monoisotopic (exact) mass is 325 g/mol. The van der Waals surface area contributed by atoms with E-state index in [0.29, 0.717) is 10.7 Å². The van der Waals surface area contributed by atoms with Gasteiger partial charge in [0.05, 0.1) is 10.7 Å². The van der Waals surface area contributed by atoms with Crippen LogP contribution in [0.2, 0.25) is 5.02 Å². The van der Waals surface area contributed by atoms with Crippen LogP contribution in [-0.2, 0) is 0 Å². The summed E-state index contributed by atoms with van der Waals surface area (Å²) < 4.78 is 5.59. The number of hydrogen-bond acceptors (Lipinski definition) is 3. The summed E-state index contributed by atoms with van der Waals surface area (Å²) in [5.74, 6) is 0.771. The summed E-state index contributed by atoms with van der Waals surface area (Å²) in [5, 5.41) is 13.5. The van der Waals surface area contributed by atoms with Crippen molar-refractivity contribution < 1.29 is 9.84 Å². The molecular formula is C19H16ClNO2. The highest BCUT2D eigenvalue weighted by molar-refractivity contribution is 6.32. The van der Waals surface area contributed by atoms with Crippen LogP contribution in [0.5, 0.6) is 11.5 Å². The van der Waals surface area contributed by atoms with Gasteiger partial charge >= 0.3 is 0 Å². The van der Waals surface area contributed by atoms with Crippen LogP contribution in [-0.4, -0.2) is 11.8 Å². The molecule has 3 rings (SSSR count). The van der Waals surface area contributed by atoms with Gasteiger partial charge in [0.2, 0.25) is 0 Å². The number of aromatic hydroxyl groups is 1. The lowest BCUT2D eigenvalue weighted by molar-refractivity contribution is 0.345. The average molecular weight is 326 g/mol. The number of benzene rings is 3. The summed E-state index contributed by atoms with van der Waals surface area (Å²) in [5.41, 5.74) is 2.49. The second kappa shape index (κ2) is 7.07. The maximum atomic E-state index is 10.1. The van der Waals surface area contributed by atoms with E-state index >= 15 is 0 Å². The van der Waals surface area contributed by atoms with Crippen LogP contribution in [0.3, 0.4) is 0 Å². The van der Waals surface area contributed by atoms with Crippen molar-refractivity contribution in [3.05, 3.63) is 77.8 Å². The summed E-state index contributed by atoms with van der Waals surface area (Å²) in [6.07, 6.45) is 0. The minimum Gasteiger partial charge on any atom is -0.504 e. The van der Waals surface area contributed by atoms with Crippen LogP contribution in [0, 0.1) is 0 Å². The maximum absolute atomic E-state index is 10.1. The number of phenols is 1. The van der Waals surface area contributed by atoms with Crippen LogP contribution in [0.15, 0.2) is 72.8 Å². The molecule has 3 aromatic rings. The molecule has 0 fully saturated rings. The first-order valence-electron chi connectivity index (χ1n) is 7.24. The van der Waals surface area contributed by atoms with E-state index in [9.17, 15) is 5.11 Å². The molecule has 0 spiro atoms. The van der Waals surface area contributed by atoms with Crippen molar-refractivity contribution >= 4 is 17.3 Å². The van der Waals surface area contributed by atoms with Gasteiger partial charge in [-0.1, -0.05) is 60.1 Å². The van der Waals surface area contributed by atoms with Crippen molar-refractivity contribution in [1.82, 2.24) is 0 Å². The molecule has 3 nitrogen and oxygen atoms in total. The Morgan fingerprint density at radius 1 is 0.870 bits per heavy atom. The van der Waals surface area contributed by atoms with Crippen LogP contribution in [0.4, 0.5) is 5.69 Å². The molecule has 0 radical (unpaired) electrons. The Morgan fingerprint density at radius 2 is 1.52 bits per heavy atom. The van der Waals surface area contributed by atoms with Gasteiger partial charge in [0.15, 0.2) is 12.5 Å². The second-order valence-corrected chi connectivity index (χ2v) is 5.41. The van der Waals surface area contributed by atoms with E-state index in [0.717, 1.165) is 16.9 Å². The molecule has 0 bridgehead atoms. The molecule has 0 saturated carbocycles. The van der Waals surface area contributed by atoms with Crippen molar-refractivity contribution in [2.45, 2.75) is 0 Å². The molecule has 0 heterocycles. The highest BCUT2D eigenvalue weighted by atomic mass is 35.5. The molecule has 3 aromatic carbocycles. The third kappa shape index (κ3) is 3.76. The number of ether oxygens (including phenoxy) is 1. The van der Waals surface area contributed by atoms with Crippen LogP contribution < -0.4 is 10.1 Å². The minimum atomic E-state index is 0.0167. The lowest BCUT2D eigenvalue weighted by atomic mass is 10.0. The van der Waals surface area contributed by atoms with Gasteiger partial charge < -0.3 is 15.2 Å². The predicted octanol–water partition coefficient (Wildman–Crippen LogP) is 5.16. The van der Waals surface area contributed by atoms with Crippen molar-refractivity contribution in [1.29, 1.82) is 0 Å². The molecule has 0 aliphatic carbocycles. The van der Waals surface area contributed by atoms with Crippen LogP contribution in [0.25, 0.3) is 11.1 Å². The minimum absolute atomic E-state index is 0.0167. The number of para-hydroxylation sites is 1. The van der Waals surface area contributed by atoms with E-state index in [-0.39, 0.29) is 12.5 Å². The number of anilines is 1. The predicted molar refractivity (Wildman–Crippen MR) is 94.1 cm³/mol. The first-order valence-corrected chi connectivity index (χ1v) is 7.61. The van der Waals surface area contributed by atoms with Crippen LogP contribution in [0.1, 0.15) is 0 Å². The molecule has 0 aliphatic heterocycles. The van der Waals surface area contributed by atoms with Gasteiger partial charge in [-0.15, -0.1) is 0 Å². The summed E-state index contributed by atoms with van der Waals surface area (Å²) >= 11 is 6.13. The molecular weight excluding hydrogens is 310 g/mol. The Labute approximate surface area is 140 Å². The Balaban J connectivity index is 1.77. The number of nitrogens with one attached hydrogen (secondary N) is 1. The van der Waals surface area contributed by atoms with Crippen molar-refractivity contribution in [2.24, 2.45) is 0 Å². The molecule has 4 heteroatoms. The quantitative estimate of drug-likeness (QED) is 0.503. The smallest absolute Gasteiger partial charge is 0.159 e. The zero-order valence-corrected chi connectivity index (χ0v) is 13.1. The van der Waals surface area contributed by atoms with Gasteiger partial charge in [0.25, 0.3) is 0 Å². The van der Waals surface area contributed by atoms with E-state index in [1.165, 1.54) is 0 Å².